The Balaban J connectivity index is 1.08. The van der Waals surface area contributed by atoms with E-state index in [2.05, 4.69) is 10.2 Å². The van der Waals surface area contributed by atoms with Crippen LogP contribution in [0.4, 0.5) is 16.2 Å². The van der Waals surface area contributed by atoms with Crippen molar-refractivity contribution < 1.29 is 24.0 Å². The molecule has 2 aromatic carbocycles. The SMILES string of the molecule is O=C1CCC(N2C(=O)c3ccc(N4CCC(CN5CCN(c6ccccc6)C5=O)CC4)cc3C2=O)C(=O)N1. The first-order valence-electron chi connectivity index (χ1n) is 13.1. The van der Waals surface area contributed by atoms with Gasteiger partial charge in [-0.3, -0.25) is 34.3 Å². The molecule has 0 saturated carbocycles. The number of hydrogen-bond acceptors (Lipinski definition) is 6. The van der Waals surface area contributed by atoms with Crippen LogP contribution in [-0.4, -0.2) is 78.2 Å². The van der Waals surface area contributed by atoms with E-state index in [0.717, 1.165) is 55.3 Å². The minimum Gasteiger partial charge on any atom is -0.371 e. The molecule has 6 rings (SSSR count). The summed E-state index contributed by atoms with van der Waals surface area (Å²) in [6.07, 6.45) is 2.07. The second-order valence-corrected chi connectivity index (χ2v) is 10.3. The predicted molar refractivity (Wildman–Crippen MR) is 139 cm³/mol. The molecule has 0 bridgehead atoms. The number of carbonyl (C=O) groups is 5. The van der Waals surface area contributed by atoms with Crippen molar-refractivity contribution in [2.45, 2.75) is 31.7 Å². The van der Waals surface area contributed by atoms with E-state index in [1.54, 1.807) is 12.1 Å². The van der Waals surface area contributed by atoms with Gasteiger partial charge in [-0.1, -0.05) is 18.2 Å². The summed E-state index contributed by atoms with van der Waals surface area (Å²) >= 11 is 0. The van der Waals surface area contributed by atoms with Crippen LogP contribution in [-0.2, 0) is 9.59 Å². The number of urea groups is 1. The quantitative estimate of drug-likeness (QED) is 0.612. The summed E-state index contributed by atoms with van der Waals surface area (Å²) in [5.41, 5.74) is 2.37. The topological polar surface area (TPSA) is 110 Å². The lowest BCUT2D eigenvalue weighted by molar-refractivity contribution is -0.136. The molecule has 4 aliphatic heterocycles. The maximum Gasteiger partial charge on any atom is 0.324 e. The number of hydrogen-bond donors (Lipinski definition) is 1. The van der Waals surface area contributed by atoms with Crippen molar-refractivity contribution in [3.63, 3.8) is 0 Å². The number of amides is 6. The molecular formula is C28H29N5O5. The largest absolute Gasteiger partial charge is 0.371 e. The number of anilines is 2. The van der Waals surface area contributed by atoms with E-state index in [-0.39, 0.29) is 24.4 Å². The maximum atomic E-state index is 13.2. The third kappa shape index (κ3) is 4.19. The van der Waals surface area contributed by atoms with Crippen LogP contribution in [0.3, 0.4) is 0 Å². The van der Waals surface area contributed by atoms with Gasteiger partial charge in [0.2, 0.25) is 11.8 Å². The lowest BCUT2D eigenvalue weighted by Crippen LogP contribution is -2.54. The predicted octanol–water partition coefficient (Wildman–Crippen LogP) is 2.25. The number of para-hydroxylation sites is 1. The molecule has 2 aromatic rings. The molecule has 0 aromatic heterocycles. The van der Waals surface area contributed by atoms with E-state index >= 15 is 0 Å². The summed E-state index contributed by atoms with van der Waals surface area (Å²) in [6.45, 7) is 3.71. The van der Waals surface area contributed by atoms with Crippen LogP contribution >= 0.6 is 0 Å². The average molecular weight is 516 g/mol. The molecular weight excluding hydrogens is 486 g/mol. The van der Waals surface area contributed by atoms with Crippen molar-refractivity contribution in [2.75, 3.05) is 42.5 Å². The van der Waals surface area contributed by atoms with Gasteiger partial charge in [0.25, 0.3) is 11.8 Å². The number of piperidine rings is 2. The number of fused-ring (bicyclic) bond motifs is 1. The van der Waals surface area contributed by atoms with Crippen LogP contribution in [0.25, 0.3) is 0 Å². The third-order valence-electron chi connectivity index (χ3n) is 8.04. The number of benzene rings is 2. The average Bonchev–Trinajstić information content (AvgIpc) is 3.41. The molecule has 0 radical (unpaired) electrons. The second kappa shape index (κ2) is 9.59. The number of carbonyl (C=O) groups excluding carboxylic acids is 5. The van der Waals surface area contributed by atoms with Gasteiger partial charge in [0.15, 0.2) is 0 Å². The molecule has 3 fully saturated rings. The van der Waals surface area contributed by atoms with Crippen molar-refractivity contribution in [3.05, 3.63) is 59.7 Å². The number of nitrogens with one attached hydrogen (secondary N) is 1. The van der Waals surface area contributed by atoms with Crippen molar-refractivity contribution in [2.24, 2.45) is 5.92 Å². The Kier molecular flexibility index (Phi) is 6.09. The molecule has 38 heavy (non-hydrogen) atoms. The first kappa shape index (κ1) is 24.1. The van der Waals surface area contributed by atoms with E-state index in [1.165, 1.54) is 0 Å². The van der Waals surface area contributed by atoms with Crippen molar-refractivity contribution in [1.82, 2.24) is 15.1 Å². The summed E-state index contributed by atoms with van der Waals surface area (Å²) < 4.78 is 0. The van der Waals surface area contributed by atoms with Crippen LogP contribution < -0.4 is 15.1 Å². The molecule has 1 N–H and O–H groups in total. The highest BCUT2D eigenvalue weighted by molar-refractivity contribution is 6.23. The molecule has 4 aliphatic rings. The van der Waals surface area contributed by atoms with Gasteiger partial charge in [-0.15, -0.1) is 0 Å². The number of rotatable bonds is 5. The van der Waals surface area contributed by atoms with Gasteiger partial charge in [0.1, 0.15) is 6.04 Å². The van der Waals surface area contributed by atoms with Gasteiger partial charge in [-0.2, -0.15) is 0 Å². The zero-order valence-corrected chi connectivity index (χ0v) is 21.0. The van der Waals surface area contributed by atoms with Crippen molar-refractivity contribution >= 4 is 41.0 Å². The van der Waals surface area contributed by atoms with E-state index in [4.69, 9.17) is 0 Å². The molecule has 6 amide bonds. The van der Waals surface area contributed by atoms with Gasteiger partial charge in [0.05, 0.1) is 11.1 Å². The smallest absolute Gasteiger partial charge is 0.324 e. The lowest BCUT2D eigenvalue weighted by atomic mass is 9.95. The number of imide groups is 2. The summed E-state index contributed by atoms with van der Waals surface area (Å²) in [7, 11) is 0. The van der Waals surface area contributed by atoms with Crippen molar-refractivity contribution in [3.8, 4) is 0 Å². The molecule has 1 unspecified atom stereocenters. The minimum absolute atomic E-state index is 0.0565. The Morgan fingerprint density at radius 2 is 1.50 bits per heavy atom. The molecule has 1 atom stereocenters. The Hall–Kier alpha value is -4.21. The Labute approximate surface area is 220 Å². The summed E-state index contributed by atoms with van der Waals surface area (Å²) in [6, 6.07) is 14.1. The van der Waals surface area contributed by atoms with Gasteiger partial charge in [-0.05, 0) is 55.5 Å². The van der Waals surface area contributed by atoms with Crippen LogP contribution in [0.2, 0.25) is 0 Å². The zero-order valence-electron chi connectivity index (χ0n) is 21.0. The minimum atomic E-state index is -0.967. The standard InChI is InChI=1S/C28H29N5O5/c34-24-9-8-23(25(35)29-24)33-26(36)21-7-6-20(16-22(21)27(33)37)30-12-10-18(11-13-30)17-31-14-15-32(28(31)38)19-4-2-1-3-5-19/h1-7,16,18,23H,8-15,17H2,(H,29,34,35). The molecule has 0 aliphatic carbocycles. The molecule has 10 nitrogen and oxygen atoms in total. The van der Waals surface area contributed by atoms with Gasteiger partial charge >= 0.3 is 6.03 Å². The Morgan fingerprint density at radius 1 is 0.763 bits per heavy atom. The highest BCUT2D eigenvalue weighted by Crippen LogP contribution is 2.32. The fourth-order valence-corrected chi connectivity index (χ4v) is 5.94. The van der Waals surface area contributed by atoms with Crippen LogP contribution in [0, 0.1) is 5.92 Å². The van der Waals surface area contributed by atoms with E-state index in [1.807, 2.05) is 46.2 Å². The van der Waals surface area contributed by atoms with Gasteiger partial charge in [0, 0.05) is 50.5 Å². The van der Waals surface area contributed by atoms with Crippen LogP contribution in [0.5, 0.6) is 0 Å². The highest BCUT2D eigenvalue weighted by Gasteiger charge is 2.45. The summed E-state index contributed by atoms with van der Waals surface area (Å²) in [5, 5.41) is 2.22. The normalized spacial score (nSPS) is 22.4. The first-order chi connectivity index (χ1) is 18.4. The van der Waals surface area contributed by atoms with Gasteiger partial charge in [-0.25, -0.2) is 4.79 Å². The number of nitrogens with zero attached hydrogens (tertiary/aromatic N) is 4. The van der Waals surface area contributed by atoms with Crippen molar-refractivity contribution in [1.29, 1.82) is 0 Å². The molecule has 196 valence electrons. The fraction of sp³-hybridized carbons (Fsp3) is 0.393. The maximum absolute atomic E-state index is 13.2. The van der Waals surface area contributed by atoms with Crippen LogP contribution in [0.15, 0.2) is 48.5 Å². The lowest BCUT2D eigenvalue weighted by Gasteiger charge is -2.35. The first-order valence-corrected chi connectivity index (χ1v) is 13.1. The van der Waals surface area contributed by atoms with E-state index < -0.39 is 29.7 Å². The molecule has 0 spiro atoms. The summed E-state index contributed by atoms with van der Waals surface area (Å²) in [5.74, 6) is -1.60. The Bertz CT molecular complexity index is 1320. The van der Waals surface area contributed by atoms with E-state index in [0.29, 0.717) is 18.0 Å². The fourth-order valence-electron chi connectivity index (χ4n) is 5.94. The zero-order chi connectivity index (χ0) is 26.4. The molecule has 4 heterocycles. The molecule has 10 heteroatoms. The monoisotopic (exact) mass is 515 g/mol. The van der Waals surface area contributed by atoms with Gasteiger partial charge < -0.3 is 9.80 Å². The second-order valence-electron chi connectivity index (χ2n) is 10.3. The van der Waals surface area contributed by atoms with Crippen LogP contribution in [0.1, 0.15) is 46.4 Å². The van der Waals surface area contributed by atoms with E-state index in [9.17, 15) is 24.0 Å². The Morgan fingerprint density at radius 3 is 2.24 bits per heavy atom. The third-order valence-corrected chi connectivity index (χ3v) is 8.04. The highest BCUT2D eigenvalue weighted by atomic mass is 16.2. The summed E-state index contributed by atoms with van der Waals surface area (Å²) in [4.78, 5) is 69.8. The molecule has 3 saturated heterocycles.